The van der Waals surface area contributed by atoms with Gasteiger partial charge in [0.25, 0.3) is 0 Å². The fourth-order valence-corrected chi connectivity index (χ4v) is 4.33. The molecule has 0 radical (unpaired) electrons. The highest BCUT2D eigenvalue weighted by atomic mass is 32.1. The highest BCUT2D eigenvalue weighted by Gasteiger charge is 2.19. The number of fused-ring (bicyclic) bond motifs is 3. The molecule has 128 valence electrons. The molecule has 2 heterocycles. The average molecular weight is 354 g/mol. The van der Waals surface area contributed by atoms with E-state index in [1.165, 1.54) is 23.3 Å². The zero-order valence-electron chi connectivity index (χ0n) is 13.8. The van der Waals surface area contributed by atoms with E-state index in [-0.39, 0.29) is 5.75 Å². The smallest absolute Gasteiger partial charge is 0.158 e. The lowest BCUT2D eigenvalue weighted by molar-refractivity contribution is 0.412. The highest BCUT2D eigenvalue weighted by Crippen LogP contribution is 2.38. The van der Waals surface area contributed by atoms with Crippen LogP contribution < -0.4 is 10.2 Å². The van der Waals surface area contributed by atoms with Gasteiger partial charge in [0.15, 0.2) is 5.82 Å². The maximum Gasteiger partial charge on any atom is 0.158 e. The third-order valence-corrected chi connectivity index (χ3v) is 5.56. The van der Waals surface area contributed by atoms with Crippen LogP contribution in [0.2, 0.25) is 0 Å². The number of benzene rings is 1. The Morgan fingerprint density at radius 1 is 1.28 bits per heavy atom. The van der Waals surface area contributed by atoms with Gasteiger partial charge in [-0.2, -0.15) is 5.10 Å². The second kappa shape index (κ2) is 6.68. The predicted octanol–water partition coefficient (Wildman–Crippen LogP) is 3.73. The minimum atomic E-state index is 0.145. The minimum Gasteiger partial charge on any atom is -0.507 e. The number of phenols is 1. The summed E-state index contributed by atoms with van der Waals surface area (Å²) in [5, 5.41) is 15.3. The lowest BCUT2D eigenvalue weighted by atomic mass is 9.97. The summed E-state index contributed by atoms with van der Waals surface area (Å²) in [6.07, 6.45) is 7.75. The molecule has 25 heavy (non-hydrogen) atoms. The summed E-state index contributed by atoms with van der Waals surface area (Å²) in [6.45, 7) is 0. The number of rotatable bonds is 4. The standard InChI is InChI=1S/C18H18N4O2S/c1-24-12-6-7-14(23)11(8-12)9-21-22-17-16-13-4-2-3-5-15(13)25-18(16)20-10-19-17/h6-10,23H,2-5H2,1H3,(H,19,20,22)/b21-9-. The molecule has 7 heteroatoms. The zero-order valence-corrected chi connectivity index (χ0v) is 14.6. The average Bonchev–Trinajstić information content (AvgIpc) is 3.02. The van der Waals surface area contributed by atoms with E-state index in [2.05, 4.69) is 20.5 Å². The summed E-state index contributed by atoms with van der Waals surface area (Å²) in [5.74, 6) is 1.52. The molecule has 0 fully saturated rings. The molecule has 1 aliphatic rings. The molecule has 0 spiro atoms. The third-order valence-electron chi connectivity index (χ3n) is 4.36. The SMILES string of the molecule is COc1ccc(O)c(/C=N\Nc2ncnc3sc4c(c23)CCCC4)c1. The number of aryl methyl sites for hydroxylation is 2. The van der Waals surface area contributed by atoms with Gasteiger partial charge in [-0.3, -0.25) is 5.43 Å². The summed E-state index contributed by atoms with van der Waals surface area (Å²) < 4.78 is 5.17. The number of thiophene rings is 1. The molecule has 6 nitrogen and oxygen atoms in total. The van der Waals surface area contributed by atoms with Crippen molar-refractivity contribution >= 4 is 33.6 Å². The van der Waals surface area contributed by atoms with E-state index in [1.54, 1.807) is 49.2 Å². The van der Waals surface area contributed by atoms with Crippen molar-refractivity contribution in [3.8, 4) is 11.5 Å². The monoisotopic (exact) mass is 354 g/mol. The van der Waals surface area contributed by atoms with Crippen molar-refractivity contribution in [1.82, 2.24) is 9.97 Å². The van der Waals surface area contributed by atoms with Gasteiger partial charge < -0.3 is 9.84 Å². The summed E-state index contributed by atoms with van der Waals surface area (Å²) in [4.78, 5) is 11.2. The van der Waals surface area contributed by atoms with Crippen molar-refractivity contribution in [2.45, 2.75) is 25.7 Å². The molecule has 2 aromatic heterocycles. The number of hydrazone groups is 1. The predicted molar refractivity (Wildman–Crippen MR) is 99.9 cm³/mol. The Bertz CT molecular complexity index is 952. The van der Waals surface area contributed by atoms with Crippen LogP contribution in [-0.4, -0.2) is 28.4 Å². The number of methoxy groups -OCH3 is 1. The van der Waals surface area contributed by atoms with E-state index >= 15 is 0 Å². The zero-order chi connectivity index (χ0) is 17.2. The molecule has 0 atom stereocenters. The van der Waals surface area contributed by atoms with Crippen LogP contribution in [0.25, 0.3) is 10.2 Å². The van der Waals surface area contributed by atoms with E-state index in [0.29, 0.717) is 17.1 Å². The van der Waals surface area contributed by atoms with Crippen LogP contribution in [0.1, 0.15) is 28.8 Å². The van der Waals surface area contributed by atoms with E-state index in [1.807, 2.05) is 0 Å². The lowest BCUT2D eigenvalue weighted by Gasteiger charge is -2.11. The quantitative estimate of drug-likeness (QED) is 0.551. The number of hydrogen-bond donors (Lipinski definition) is 2. The number of aromatic hydroxyl groups is 1. The van der Waals surface area contributed by atoms with Crippen molar-refractivity contribution in [2.24, 2.45) is 5.10 Å². The number of ether oxygens (including phenoxy) is 1. The first-order valence-electron chi connectivity index (χ1n) is 8.17. The van der Waals surface area contributed by atoms with Crippen LogP contribution >= 0.6 is 11.3 Å². The van der Waals surface area contributed by atoms with Gasteiger partial charge in [-0.1, -0.05) is 0 Å². The first-order valence-corrected chi connectivity index (χ1v) is 8.99. The number of phenolic OH excluding ortho intramolecular Hbond substituents is 1. The van der Waals surface area contributed by atoms with Crippen LogP contribution in [0, 0.1) is 0 Å². The van der Waals surface area contributed by atoms with Gasteiger partial charge >= 0.3 is 0 Å². The maximum absolute atomic E-state index is 9.93. The summed E-state index contributed by atoms with van der Waals surface area (Å²) in [5.41, 5.74) is 4.94. The van der Waals surface area contributed by atoms with Gasteiger partial charge in [0.05, 0.1) is 18.7 Å². The molecule has 4 rings (SSSR count). The van der Waals surface area contributed by atoms with E-state index in [9.17, 15) is 5.11 Å². The van der Waals surface area contributed by atoms with Crippen molar-refractivity contribution in [2.75, 3.05) is 12.5 Å². The molecule has 0 saturated heterocycles. The molecule has 0 saturated carbocycles. The van der Waals surface area contributed by atoms with E-state index in [4.69, 9.17) is 4.74 Å². The maximum atomic E-state index is 9.93. The molecule has 2 N–H and O–H groups in total. The van der Waals surface area contributed by atoms with Crippen LogP contribution in [-0.2, 0) is 12.8 Å². The van der Waals surface area contributed by atoms with Gasteiger partial charge in [-0.25, -0.2) is 9.97 Å². The first-order chi connectivity index (χ1) is 12.3. The van der Waals surface area contributed by atoms with Crippen LogP contribution in [0.4, 0.5) is 5.82 Å². The van der Waals surface area contributed by atoms with Gasteiger partial charge in [-0.05, 0) is 49.4 Å². The largest absolute Gasteiger partial charge is 0.507 e. The molecule has 1 aromatic carbocycles. The van der Waals surface area contributed by atoms with Gasteiger partial charge in [0.2, 0.25) is 0 Å². The Kier molecular flexibility index (Phi) is 4.23. The molecule has 0 aliphatic heterocycles. The van der Waals surface area contributed by atoms with Crippen LogP contribution in [0.15, 0.2) is 29.6 Å². The van der Waals surface area contributed by atoms with E-state index < -0.39 is 0 Å². The van der Waals surface area contributed by atoms with E-state index in [0.717, 1.165) is 23.1 Å². The van der Waals surface area contributed by atoms with Gasteiger partial charge in [0, 0.05) is 10.4 Å². The Labute approximate surface area is 149 Å². The summed E-state index contributed by atoms with van der Waals surface area (Å²) in [6, 6.07) is 5.01. The number of nitrogens with zero attached hydrogens (tertiary/aromatic N) is 3. The molecule has 1 aliphatic carbocycles. The molecular formula is C18H18N4O2S. The van der Waals surface area contributed by atoms with Crippen molar-refractivity contribution in [3.05, 3.63) is 40.5 Å². The molecule has 0 amide bonds. The number of hydrogen-bond acceptors (Lipinski definition) is 7. The van der Waals surface area contributed by atoms with Gasteiger partial charge in [0.1, 0.15) is 22.7 Å². The second-order valence-electron chi connectivity index (χ2n) is 5.91. The number of anilines is 1. The second-order valence-corrected chi connectivity index (χ2v) is 6.99. The Morgan fingerprint density at radius 3 is 3.04 bits per heavy atom. The topological polar surface area (TPSA) is 79.6 Å². The first kappa shape index (κ1) is 15.8. The Morgan fingerprint density at radius 2 is 2.16 bits per heavy atom. The number of aromatic nitrogens is 2. The van der Waals surface area contributed by atoms with Crippen LogP contribution in [0.5, 0.6) is 11.5 Å². The molecule has 0 bridgehead atoms. The summed E-state index contributed by atoms with van der Waals surface area (Å²) in [7, 11) is 1.59. The van der Waals surface area contributed by atoms with Crippen molar-refractivity contribution in [3.63, 3.8) is 0 Å². The lowest BCUT2D eigenvalue weighted by Crippen LogP contribution is -2.01. The van der Waals surface area contributed by atoms with Gasteiger partial charge in [-0.15, -0.1) is 11.3 Å². The minimum absolute atomic E-state index is 0.145. The third kappa shape index (κ3) is 3.02. The van der Waals surface area contributed by atoms with Crippen molar-refractivity contribution < 1.29 is 9.84 Å². The Balaban J connectivity index is 1.64. The van der Waals surface area contributed by atoms with Crippen molar-refractivity contribution in [1.29, 1.82) is 0 Å². The molecule has 3 aromatic rings. The summed E-state index contributed by atoms with van der Waals surface area (Å²) >= 11 is 1.75. The Hall–Kier alpha value is -2.67. The fraction of sp³-hybridized carbons (Fsp3) is 0.278. The number of nitrogens with one attached hydrogen (secondary N) is 1. The highest BCUT2D eigenvalue weighted by molar-refractivity contribution is 7.19. The fourth-order valence-electron chi connectivity index (χ4n) is 3.10. The molecule has 0 unspecified atom stereocenters. The molecular weight excluding hydrogens is 336 g/mol. The van der Waals surface area contributed by atoms with Crippen LogP contribution in [0.3, 0.4) is 0 Å². The normalized spacial score (nSPS) is 14.0.